The Labute approximate surface area is 163 Å². The number of fused-ring (bicyclic) bond motifs is 1. The normalized spacial score (nSPS) is 17.1. The first kappa shape index (κ1) is 21.3. The highest BCUT2D eigenvalue weighted by molar-refractivity contribution is 7.99. The van der Waals surface area contributed by atoms with Crippen molar-refractivity contribution in [2.24, 2.45) is 0 Å². The molecule has 1 aromatic rings. The molecule has 26 heavy (non-hydrogen) atoms. The molecule has 1 aliphatic heterocycles. The molecule has 1 aromatic carbocycles. The van der Waals surface area contributed by atoms with Crippen LogP contribution in [0.4, 0.5) is 0 Å². The van der Waals surface area contributed by atoms with Crippen molar-refractivity contribution in [2.75, 3.05) is 58.6 Å². The van der Waals surface area contributed by atoms with E-state index in [9.17, 15) is 4.79 Å². The summed E-state index contributed by atoms with van der Waals surface area (Å²) in [5.41, 5.74) is 0. The zero-order valence-corrected chi connectivity index (χ0v) is 16.3. The van der Waals surface area contributed by atoms with E-state index in [-0.39, 0.29) is 5.24 Å². The molecule has 2 rings (SSSR count). The van der Waals surface area contributed by atoms with Crippen molar-refractivity contribution in [3.63, 3.8) is 0 Å². The molecule has 8 heteroatoms. The van der Waals surface area contributed by atoms with E-state index in [1.165, 1.54) is 0 Å². The van der Waals surface area contributed by atoms with Gasteiger partial charge in [0.15, 0.2) is 11.5 Å². The smallest absolute Gasteiger partial charge is 0.221 e. The first-order chi connectivity index (χ1) is 12.8. The van der Waals surface area contributed by atoms with Crippen LogP contribution in [0.15, 0.2) is 23.1 Å². The molecular weight excluding hydrogens is 380 g/mol. The molecule has 0 atom stereocenters. The lowest BCUT2D eigenvalue weighted by atomic mass is 10.3. The fourth-order valence-electron chi connectivity index (χ4n) is 2.17. The minimum Gasteiger partial charge on any atom is -0.487 e. The number of benzene rings is 1. The number of hydrogen-bond donors (Lipinski definition) is 0. The summed E-state index contributed by atoms with van der Waals surface area (Å²) in [6.45, 7) is 4.00. The van der Waals surface area contributed by atoms with Gasteiger partial charge >= 0.3 is 0 Å². The zero-order valence-electron chi connectivity index (χ0n) is 14.7. The summed E-state index contributed by atoms with van der Waals surface area (Å²) < 4.78 is 27.9. The van der Waals surface area contributed by atoms with E-state index >= 15 is 0 Å². The van der Waals surface area contributed by atoms with Crippen molar-refractivity contribution >= 4 is 28.6 Å². The number of thioether (sulfide) groups is 1. The highest BCUT2D eigenvalue weighted by Gasteiger charge is 2.09. The highest BCUT2D eigenvalue weighted by Crippen LogP contribution is 2.33. The van der Waals surface area contributed by atoms with E-state index in [0.717, 1.165) is 17.1 Å². The Morgan fingerprint density at radius 2 is 1.46 bits per heavy atom. The van der Waals surface area contributed by atoms with Crippen LogP contribution in [0.1, 0.15) is 12.8 Å². The van der Waals surface area contributed by atoms with Crippen LogP contribution < -0.4 is 9.47 Å². The van der Waals surface area contributed by atoms with E-state index in [0.29, 0.717) is 70.8 Å². The first-order valence-electron chi connectivity index (χ1n) is 8.70. The van der Waals surface area contributed by atoms with Crippen molar-refractivity contribution in [2.45, 2.75) is 17.7 Å². The summed E-state index contributed by atoms with van der Waals surface area (Å²) in [7, 11) is 0. The number of carbonyl (C=O) groups excluding carboxylic acids is 1. The van der Waals surface area contributed by atoms with Gasteiger partial charge in [-0.05, 0) is 42.0 Å². The van der Waals surface area contributed by atoms with Gasteiger partial charge in [-0.15, -0.1) is 11.8 Å². The fraction of sp³-hybridized carbons (Fsp3) is 0.611. The van der Waals surface area contributed by atoms with Gasteiger partial charge in [-0.2, -0.15) is 0 Å². The fourth-order valence-corrected chi connectivity index (χ4v) is 3.19. The van der Waals surface area contributed by atoms with Gasteiger partial charge in [0.25, 0.3) is 0 Å². The quantitative estimate of drug-likeness (QED) is 0.424. The molecule has 0 N–H and O–H groups in total. The van der Waals surface area contributed by atoms with Gasteiger partial charge in [0.2, 0.25) is 5.24 Å². The summed E-state index contributed by atoms with van der Waals surface area (Å²) >= 11 is 7.01. The molecule has 0 saturated heterocycles. The summed E-state index contributed by atoms with van der Waals surface area (Å²) in [6.07, 6.45) is 1.13. The Morgan fingerprint density at radius 3 is 2.08 bits per heavy atom. The van der Waals surface area contributed by atoms with E-state index in [4.69, 9.17) is 35.3 Å². The first-order valence-corrected chi connectivity index (χ1v) is 10.1. The Balaban J connectivity index is 1.91. The van der Waals surface area contributed by atoms with Crippen LogP contribution in [0, 0.1) is 0 Å². The maximum Gasteiger partial charge on any atom is 0.221 e. The minimum atomic E-state index is -0.296. The second-order valence-corrected chi connectivity index (χ2v) is 7.04. The molecule has 0 radical (unpaired) electrons. The van der Waals surface area contributed by atoms with Crippen LogP contribution in [-0.2, 0) is 19.0 Å². The number of rotatable bonds is 5. The average Bonchev–Trinajstić information content (AvgIpc) is 2.64. The molecule has 0 bridgehead atoms. The molecule has 0 aliphatic carbocycles. The molecular formula is C18H25ClO6S. The van der Waals surface area contributed by atoms with Crippen molar-refractivity contribution in [1.82, 2.24) is 0 Å². The monoisotopic (exact) mass is 404 g/mol. The van der Waals surface area contributed by atoms with Crippen LogP contribution in [0.3, 0.4) is 0 Å². The van der Waals surface area contributed by atoms with Crippen LogP contribution >= 0.6 is 23.4 Å². The Hall–Kier alpha value is -0.990. The molecule has 0 aromatic heterocycles. The van der Waals surface area contributed by atoms with Gasteiger partial charge < -0.3 is 23.7 Å². The Kier molecular flexibility index (Phi) is 10.8. The van der Waals surface area contributed by atoms with Crippen molar-refractivity contribution in [1.29, 1.82) is 0 Å². The minimum absolute atomic E-state index is 0.296. The van der Waals surface area contributed by atoms with E-state index in [2.05, 4.69) is 0 Å². The summed E-state index contributed by atoms with van der Waals surface area (Å²) in [5, 5.41) is -0.296. The maximum absolute atomic E-state index is 10.8. The van der Waals surface area contributed by atoms with Crippen LogP contribution in [0.25, 0.3) is 0 Å². The van der Waals surface area contributed by atoms with Crippen molar-refractivity contribution < 1.29 is 28.5 Å². The number of ether oxygens (including phenoxy) is 5. The summed E-state index contributed by atoms with van der Waals surface area (Å²) in [4.78, 5) is 11.8. The molecule has 1 heterocycles. The summed E-state index contributed by atoms with van der Waals surface area (Å²) in [6, 6.07) is 5.83. The van der Waals surface area contributed by atoms with E-state index < -0.39 is 0 Å². The molecule has 6 nitrogen and oxygen atoms in total. The molecule has 0 spiro atoms. The molecule has 0 unspecified atom stereocenters. The lowest BCUT2D eigenvalue weighted by molar-refractivity contribution is -0.111. The van der Waals surface area contributed by atoms with Crippen LogP contribution in [0.2, 0.25) is 0 Å². The SMILES string of the molecule is O=C(Cl)CCCSc1ccc2c(c1)OCCOCCOCCOCCO2. The van der Waals surface area contributed by atoms with Crippen LogP contribution in [0.5, 0.6) is 11.5 Å². The third kappa shape index (κ3) is 9.09. The number of carbonyl (C=O) groups is 1. The van der Waals surface area contributed by atoms with Gasteiger partial charge in [0, 0.05) is 11.3 Å². The Morgan fingerprint density at radius 1 is 0.885 bits per heavy atom. The summed E-state index contributed by atoms with van der Waals surface area (Å²) in [5.74, 6) is 2.17. The average molecular weight is 405 g/mol. The molecule has 0 fully saturated rings. The number of halogens is 1. The second kappa shape index (κ2) is 13.2. The lowest BCUT2D eigenvalue weighted by Crippen LogP contribution is -2.13. The predicted octanol–water partition coefficient (Wildman–Crippen LogP) is 3.15. The Bertz CT molecular complexity index is 542. The van der Waals surface area contributed by atoms with Crippen LogP contribution in [-0.4, -0.2) is 63.9 Å². The second-order valence-electron chi connectivity index (χ2n) is 5.45. The lowest BCUT2D eigenvalue weighted by Gasteiger charge is -2.14. The van der Waals surface area contributed by atoms with E-state index in [1.807, 2.05) is 18.2 Å². The molecule has 1 aliphatic rings. The number of hydrogen-bond acceptors (Lipinski definition) is 7. The zero-order chi connectivity index (χ0) is 18.5. The predicted molar refractivity (Wildman–Crippen MR) is 101 cm³/mol. The van der Waals surface area contributed by atoms with Gasteiger partial charge in [0.1, 0.15) is 13.2 Å². The molecule has 146 valence electrons. The van der Waals surface area contributed by atoms with Gasteiger partial charge in [0.05, 0.1) is 39.6 Å². The molecule has 0 amide bonds. The molecule has 0 saturated carbocycles. The van der Waals surface area contributed by atoms with Crippen molar-refractivity contribution in [3.05, 3.63) is 18.2 Å². The standard InChI is InChI=1S/C18H25ClO6S/c19-18(20)2-1-13-26-15-3-4-16-17(14-15)25-12-10-23-8-6-21-5-7-22-9-11-24-16/h3-4,14H,1-2,5-13H2. The van der Waals surface area contributed by atoms with Gasteiger partial charge in [-0.3, -0.25) is 4.79 Å². The third-order valence-corrected chi connectivity index (χ3v) is 4.69. The van der Waals surface area contributed by atoms with E-state index in [1.54, 1.807) is 11.8 Å². The maximum atomic E-state index is 10.8. The largest absolute Gasteiger partial charge is 0.487 e. The van der Waals surface area contributed by atoms with Gasteiger partial charge in [-0.1, -0.05) is 0 Å². The van der Waals surface area contributed by atoms with Crippen molar-refractivity contribution in [3.8, 4) is 11.5 Å². The topological polar surface area (TPSA) is 63.2 Å². The highest BCUT2D eigenvalue weighted by atomic mass is 35.5. The van der Waals surface area contributed by atoms with Gasteiger partial charge in [-0.25, -0.2) is 0 Å². The third-order valence-electron chi connectivity index (χ3n) is 3.42.